The molecule has 0 saturated carbocycles. The Morgan fingerprint density at radius 2 is 1.61 bits per heavy atom. The topological polar surface area (TPSA) is 61.9 Å². The molecule has 0 aliphatic carbocycles. The second kappa shape index (κ2) is 9.41. The van der Waals surface area contributed by atoms with Gasteiger partial charge in [-0.15, -0.1) is 0 Å². The van der Waals surface area contributed by atoms with E-state index in [0.717, 1.165) is 49.6 Å². The number of nitrogens with zero attached hydrogens (tertiary/aromatic N) is 2. The molecule has 2 aromatic carbocycles. The molecule has 0 bridgehead atoms. The van der Waals surface area contributed by atoms with Gasteiger partial charge in [0.25, 0.3) is 0 Å². The first-order valence-corrected chi connectivity index (χ1v) is 11.2. The van der Waals surface area contributed by atoms with Crippen molar-refractivity contribution in [1.82, 2.24) is 9.62 Å². The standard InChI is InChI=1S/C21H29N3O3S/c1-18-3-5-19(6-4-18)17-28(25,26)22-11-12-23-13-15-24(16-14-23)20-7-9-21(27-2)10-8-20/h3-10,22H,11-17H2,1-2H3. The Balaban J connectivity index is 1.40. The number of piperazine rings is 1. The van der Waals surface area contributed by atoms with Crippen molar-refractivity contribution >= 4 is 15.7 Å². The van der Waals surface area contributed by atoms with E-state index in [1.807, 2.05) is 43.3 Å². The minimum Gasteiger partial charge on any atom is -0.497 e. The molecule has 152 valence electrons. The number of nitrogens with one attached hydrogen (secondary N) is 1. The maximum Gasteiger partial charge on any atom is 0.215 e. The molecule has 1 heterocycles. The predicted octanol–water partition coefficient (Wildman–Crippen LogP) is 2.25. The van der Waals surface area contributed by atoms with Crippen molar-refractivity contribution in [2.75, 3.05) is 51.3 Å². The first kappa shape index (κ1) is 20.6. The summed E-state index contributed by atoms with van der Waals surface area (Å²) in [4.78, 5) is 4.64. The van der Waals surface area contributed by atoms with Crippen LogP contribution in [0, 0.1) is 6.92 Å². The third-order valence-corrected chi connectivity index (χ3v) is 6.39. The molecule has 0 atom stereocenters. The highest BCUT2D eigenvalue weighted by atomic mass is 32.2. The van der Waals surface area contributed by atoms with Crippen LogP contribution in [0.3, 0.4) is 0 Å². The lowest BCUT2D eigenvalue weighted by molar-refractivity contribution is 0.262. The lowest BCUT2D eigenvalue weighted by Gasteiger charge is -2.36. The van der Waals surface area contributed by atoms with Crippen LogP contribution in [-0.2, 0) is 15.8 Å². The Hall–Kier alpha value is -2.09. The van der Waals surface area contributed by atoms with Crippen LogP contribution in [0.5, 0.6) is 5.75 Å². The third kappa shape index (κ3) is 5.95. The zero-order valence-corrected chi connectivity index (χ0v) is 17.4. The van der Waals surface area contributed by atoms with Crippen molar-refractivity contribution in [2.24, 2.45) is 0 Å². The quantitative estimate of drug-likeness (QED) is 0.733. The van der Waals surface area contributed by atoms with Crippen molar-refractivity contribution in [1.29, 1.82) is 0 Å². The maximum atomic E-state index is 12.3. The molecule has 1 fully saturated rings. The summed E-state index contributed by atoms with van der Waals surface area (Å²) in [6, 6.07) is 15.7. The minimum atomic E-state index is -3.31. The van der Waals surface area contributed by atoms with Crippen LogP contribution in [0.1, 0.15) is 11.1 Å². The normalized spacial score (nSPS) is 15.6. The van der Waals surface area contributed by atoms with E-state index in [-0.39, 0.29) is 5.75 Å². The SMILES string of the molecule is COc1ccc(N2CCN(CCNS(=O)(=O)Cc3ccc(C)cc3)CC2)cc1. The lowest BCUT2D eigenvalue weighted by Crippen LogP contribution is -2.48. The molecule has 2 aromatic rings. The van der Waals surface area contributed by atoms with E-state index in [4.69, 9.17) is 4.74 Å². The molecule has 6 nitrogen and oxygen atoms in total. The Morgan fingerprint density at radius 3 is 2.21 bits per heavy atom. The highest BCUT2D eigenvalue weighted by Gasteiger charge is 2.18. The maximum absolute atomic E-state index is 12.3. The van der Waals surface area contributed by atoms with Gasteiger partial charge < -0.3 is 9.64 Å². The first-order chi connectivity index (χ1) is 13.4. The molecular weight excluding hydrogens is 374 g/mol. The van der Waals surface area contributed by atoms with Gasteiger partial charge >= 0.3 is 0 Å². The molecule has 0 spiro atoms. The second-order valence-corrected chi connectivity index (χ2v) is 8.97. The van der Waals surface area contributed by atoms with E-state index in [2.05, 4.69) is 26.7 Å². The van der Waals surface area contributed by atoms with Crippen LogP contribution in [0.25, 0.3) is 0 Å². The molecule has 0 unspecified atom stereocenters. The highest BCUT2D eigenvalue weighted by molar-refractivity contribution is 7.88. The van der Waals surface area contributed by atoms with Crippen LogP contribution < -0.4 is 14.4 Å². The monoisotopic (exact) mass is 403 g/mol. The number of benzene rings is 2. The Kier molecular flexibility index (Phi) is 6.93. The van der Waals surface area contributed by atoms with E-state index < -0.39 is 10.0 Å². The fourth-order valence-corrected chi connectivity index (χ4v) is 4.47. The van der Waals surface area contributed by atoms with Gasteiger partial charge in [0.05, 0.1) is 12.9 Å². The molecule has 0 amide bonds. The Morgan fingerprint density at radius 1 is 0.964 bits per heavy atom. The van der Waals surface area contributed by atoms with Crippen molar-refractivity contribution in [3.05, 3.63) is 59.7 Å². The van der Waals surface area contributed by atoms with Crippen molar-refractivity contribution < 1.29 is 13.2 Å². The summed E-state index contributed by atoms with van der Waals surface area (Å²) in [5.41, 5.74) is 3.13. The van der Waals surface area contributed by atoms with Crippen LogP contribution in [0.4, 0.5) is 5.69 Å². The van der Waals surface area contributed by atoms with E-state index >= 15 is 0 Å². The van der Waals surface area contributed by atoms with Gasteiger partial charge in [0.1, 0.15) is 5.75 Å². The average Bonchev–Trinajstić information content (AvgIpc) is 2.70. The first-order valence-electron chi connectivity index (χ1n) is 9.59. The predicted molar refractivity (Wildman–Crippen MR) is 113 cm³/mol. The van der Waals surface area contributed by atoms with Crippen molar-refractivity contribution in [2.45, 2.75) is 12.7 Å². The van der Waals surface area contributed by atoms with E-state index in [0.29, 0.717) is 6.54 Å². The van der Waals surface area contributed by atoms with Gasteiger partial charge in [-0.1, -0.05) is 29.8 Å². The van der Waals surface area contributed by atoms with Crippen molar-refractivity contribution in [3.63, 3.8) is 0 Å². The summed E-state index contributed by atoms with van der Waals surface area (Å²) < 4.78 is 32.5. The van der Waals surface area contributed by atoms with E-state index in [1.54, 1.807) is 7.11 Å². The number of rotatable bonds is 8. The number of aryl methyl sites for hydroxylation is 1. The molecule has 1 aliphatic heterocycles. The van der Waals surface area contributed by atoms with Gasteiger partial charge in [-0.05, 0) is 36.8 Å². The van der Waals surface area contributed by atoms with Crippen LogP contribution in [0.15, 0.2) is 48.5 Å². The minimum absolute atomic E-state index is 0.0263. The molecule has 1 saturated heterocycles. The zero-order chi connectivity index (χ0) is 20.0. The summed E-state index contributed by atoms with van der Waals surface area (Å²) in [7, 11) is -1.64. The summed E-state index contributed by atoms with van der Waals surface area (Å²) >= 11 is 0. The van der Waals surface area contributed by atoms with Gasteiger partial charge in [-0.25, -0.2) is 13.1 Å². The fourth-order valence-electron chi connectivity index (χ4n) is 3.34. The number of ether oxygens (including phenoxy) is 1. The zero-order valence-electron chi connectivity index (χ0n) is 16.6. The van der Waals surface area contributed by atoms with E-state index in [9.17, 15) is 8.42 Å². The summed E-state index contributed by atoms with van der Waals surface area (Å²) in [5.74, 6) is 0.888. The number of sulfonamides is 1. The average molecular weight is 404 g/mol. The summed E-state index contributed by atoms with van der Waals surface area (Å²) in [6.45, 7) is 6.87. The molecule has 0 radical (unpaired) electrons. The molecule has 7 heteroatoms. The van der Waals surface area contributed by atoms with Crippen molar-refractivity contribution in [3.8, 4) is 5.75 Å². The second-order valence-electron chi connectivity index (χ2n) is 7.17. The van der Waals surface area contributed by atoms with Gasteiger partial charge in [0.2, 0.25) is 10.0 Å². The largest absolute Gasteiger partial charge is 0.497 e. The molecule has 28 heavy (non-hydrogen) atoms. The number of hydrogen-bond donors (Lipinski definition) is 1. The molecule has 0 aromatic heterocycles. The summed E-state index contributed by atoms with van der Waals surface area (Å²) in [6.07, 6.45) is 0. The Labute approximate surface area is 168 Å². The fraction of sp³-hybridized carbons (Fsp3) is 0.429. The Bertz CT molecular complexity index is 843. The third-order valence-electron chi connectivity index (χ3n) is 5.04. The molecular formula is C21H29N3O3S. The number of methoxy groups -OCH3 is 1. The van der Waals surface area contributed by atoms with Crippen LogP contribution >= 0.6 is 0 Å². The van der Waals surface area contributed by atoms with Crippen LogP contribution in [0.2, 0.25) is 0 Å². The van der Waals surface area contributed by atoms with E-state index in [1.165, 1.54) is 5.69 Å². The van der Waals surface area contributed by atoms with Crippen LogP contribution in [-0.4, -0.2) is 59.7 Å². The highest BCUT2D eigenvalue weighted by Crippen LogP contribution is 2.20. The molecule has 1 aliphatic rings. The van der Waals surface area contributed by atoms with Gasteiger partial charge in [-0.2, -0.15) is 0 Å². The molecule has 3 rings (SSSR count). The summed E-state index contributed by atoms with van der Waals surface area (Å²) in [5, 5.41) is 0. The molecule has 1 N–H and O–H groups in total. The number of anilines is 1. The van der Waals surface area contributed by atoms with Gasteiger partial charge in [0, 0.05) is 45.0 Å². The smallest absolute Gasteiger partial charge is 0.215 e. The lowest BCUT2D eigenvalue weighted by atomic mass is 10.2. The van der Waals surface area contributed by atoms with Gasteiger partial charge in [0.15, 0.2) is 0 Å². The number of hydrogen-bond acceptors (Lipinski definition) is 5. The van der Waals surface area contributed by atoms with Gasteiger partial charge in [-0.3, -0.25) is 4.90 Å².